The second-order valence-corrected chi connectivity index (χ2v) is 23.7. The van der Waals surface area contributed by atoms with E-state index in [0.717, 1.165) is 18.5 Å². The third-order valence-corrected chi connectivity index (χ3v) is 21.1. The van der Waals surface area contributed by atoms with E-state index in [1.165, 1.54) is 126 Å². The van der Waals surface area contributed by atoms with E-state index in [4.69, 9.17) is 4.98 Å². The van der Waals surface area contributed by atoms with Gasteiger partial charge in [0.15, 0.2) is 23.0 Å². The Kier molecular flexibility index (Phi) is 10.4. The maximum Gasteiger partial charge on any atom is 0.169 e. The van der Waals surface area contributed by atoms with Crippen LogP contribution in [0.15, 0.2) is 85.3 Å². The fraction of sp³-hybridized carbons (Fsp3) is 0.517. The fourth-order valence-electron chi connectivity index (χ4n) is 18.6. The SMILES string of the molecule is Oc1ccc(/C=C/c2c(CCc3ccc([C@@H]4C[C@@]5(CCNC6(CCCC6)C5)[C@H]5C[C@H]6CCC[C@]67CC[C@@]68CCC[C@@H]6C=C[C@H](O)[C@H]8[C@]7(c6cnc[nH]6)[C@H]5N4)cc3)c(O)c(O)c3c(O)cccc23)cc1O. The summed E-state index contributed by atoms with van der Waals surface area (Å²) in [6.45, 7) is 1.06. The highest BCUT2D eigenvalue weighted by molar-refractivity contribution is 6.03. The number of nitrogens with one attached hydrogen (secondary N) is 3. The maximum absolute atomic E-state index is 12.9. The summed E-state index contributed by atoms with van der Waals surface area (Å²) in [6.07, 6.45) is 32.7. The van der Waals surface area contributed by atoms with Crippen molar-refractivity contribution in [3.05, 3.63) is 119 Å². The molecule has 0 amide bonds. The number of rotatable bonds is 7. The van der Waals surface area contributed by atoms with Crippen LogP contribution in [0.2, 0.25) is 0 Å². The lowest BCUT2D eigenvalue weighted by Crippen LogP contribution is -2.78. The average molecular weight is 943 g/mol. The number of allylic oxidation sites excluding steroid dienone is 1. The van der Waals surface area contributed by atoms with Crippen LogP contribution < -0.4 is 10.6 Å². The van der Waals surface area contributed by atoms with Crippen molar-refractivity contribution in [1.29, 1.82) is 0 Å². The Morgan fingerprint density at radius 2 is 1.60 bits per heavy atom. The number of phenolic OH excluding ortho intramolecular Hbond substituents is 5. The summed E-state index contributed by atoms with van der Waals surface area (Å²) in [5.74, 6) is 0.531. The van der Waals surface area contributed by atoms with Crippen molar-refractivity contribution in [2.24, 2.45) is 39.9 Å². The van der Waals surface area contributed by atoms with Gasteiger partial charge in [0.25, 0.3) is 0 Å². The molecular formula is C60H70N4O6. The summed E-state index contributed by atoms with van der Waals surface area (Å²) in [7, 11) is 0. The first-order valence-electron chi connectivity index (χ1n) is 26.8. The number of hydrogen-bond donors (Lipinski definition) is 9. The molecule has 70 heavy (non-hydrogen) atoms. The molecule has 5 saturated carbocycles. The van der Waals surface area contributed by atoms with Crippen molar-refractivity contribution in [3.63, 3.8) is 0 Å². The molecule has 10 heteroatoms. The molecule has 0 bridgehead atoms. The van der Waals surface area contributed by atoms with Crippen molar-refractivity contribution in [2.75, 3.05) is 6.54 Å². The molecule has 9 N–H and O–H groups in total. The van der Waals surface area contributed by atoms with E-state index in [9.17, 15) is 30.6 Å². The van der Waals surface area contributed by atoms with Crippen LogP contribution in [0.5, 0.6) is 28.7 Å². The fourth-order valence-corrected chi connectivity index (χ4v) is 18.6. The normalized spacial score (nSPS) is 36.0. The van der Waals surface area contributed by atoms with Crippen LogP contribution in [-0.2, 0) is 18.3 Å². The standard InChI is InChI=1S/C60H70N4O6/c65-46-20-14-37(30-49(46)68)13-18-41-42-8-3-9-47(66)51(42)53(70)52(69)43(41)19-12-36-10-15-38(16-11-36)45-32-56(28-29-63-57(34-56)22-1-2-23-57)44-31-40-7-5-25-59(40)27-26-58-24-4-6-39(58)17-21-48(67)54(58)60(59,55(44)64-45)50-33-61-35-62-50/h3,8-11,13-18,20-21,30,33,35,39-40,44-45,48,54-55,63-70H,1-2,4-7,12,19,22-29,31-32,34H2,(H,61,62)/b18-13+/t39-,40-,44+,45+,48+,54-,55+,56-,58+,59+,60-/m1/s1. The molecule has 366 valence electrons. The number of fused-ring (bicyclic) bond motifs is 5. The Morgan fingerprint density at radius 3 is 2.41 bits per heavy atom. The first kappa shape index (κ1) is 44.6. The van der Waals surface area contributed by atoms with Crippen molar-refractivity contribution in [1.82, 2.24) is 20.6 Å². The molecule has 11 atom stereocenters. The van der Waals surface area contributed by atoms with E-state index in [1.54, 1.807) is 18.2 Å². The van der Waals surface area contributed by atoms with Crippen molar-refractivity contribution >= 4 is 22.9 Å². The molecule has 8 aliphatic rings. The maximum atomic E-state index is 12.9. The second-order valence-electron chi connectivity index (χ2n) is 23.7. The number of aliphatic hydroxyl groups is 1. The molecule has 0 unspecified atom stereocenters. The molecule has 3 heterocycles. The van der Waals surface area contributed by atoms with Gasteiger partial charge < -0.3 is 46.3 Å². The second kappa shape index (κ2) is 16.4. The van der Waals surface area contributed by atoms with Crippen LogP contribution >= 0.6 is 0 Å². The Hall–Kier alpha value is -5.29. The van der Waals surface area contributed by atoms with Crippen LogP contribution in [0, 0.1) is 39.9 Å². The van der Waals surface area contributed by atoms with E-state index in [1.807, 2.05) is 18.5 Å². The van der Waals surface area contributed by atoms with E-state index in [2.05, 4.69) is 58.2 Å². The average Bonchev–Trinajstić information content (AvgIpc) is 4.21. The smallest absolute Gasteiger partial charge is 0.169 e. The number of nitrogens with zero attached hydrogens (tertiary/aromatic N) is 1. The molecule has 13 rings (SSSR count). The first-order chi connectivity index (χ1) is 34.0. The van der Waals surface area contributed by atoms with Gasteiger partial charge in [-0.2, -0.15) is 0 Å². The zero-order valence-corrected chi connectivity index (χ0v) is 40.3. The van der Waals surface area contributed by atoms with Crippen LogP contribution in [0.4, 0.5) is 0 Å². The Bertz CT molecular complexity index is 2890. The first-order valence-corrected chi connectivity index (χ1v) is 26.8. The van der Waals surface area contributed by atoms with Crippen molar-refractivity contribution in [2.45, 2.75) is 145 Å². The number of piperidine rings is 2. The Labute approximate surface area is 411 Å². The molecule has 10 nitrogen and oxygen atoms in total. The number of aromatic amines is 1. The summed E-state index contributed by atoms with van der Waals surface area (Å²) in [4.78, 5) is 8.75. The van der Waals surface area contributed by atoms with Gasteiger partial charge in [-0.15, -0.1) is 0 Å². The molecule has 0 radical (unpaired) electrons. The van der Waals surface area contributed by atoms with Crippen molar-refractivity contribution in [3.8, 4) is 28.7 Å². The predicted molar refractivity (Wildman–Crippen MR) is 272 cm³/mol. The lowest BCUT2D eigenvalue weighted by molar-refractivity contribution is -0.218. The monoisotopic (exact) mass is 943 g/mol. The largest absolute Gasteiger partial charge is 0.507 e. The molecular weight excluding hydrogens is 873 g/mol. The molecule has 2 aliphatic heterocycles. The number of phenols is 5. The quantitative estimate of drug-likeness (QED) is 0.0437. The summed E-state index contributed by atoms with van der Waals surface area (Å²) >= 11 is 0. The van der Waals surface area contributed by atoms with Gasteiger partial charge >= 0.3 is 0 Å². The zero-order chi connectivity index (χ0) is 47.6. The highest BCUT2D eigenvalue weighted by Crippen LogP contribution is 2.79. The number of hydrogen-bond acceptors (Lipinski definition) is 9. The van der Waals surface area contributed by atoms with Gasteiger partial charge in [-0.05, 0) is 176 Å². The highest BCUT2D eigenvalue weighted by atomic mass is 16.3. The number of aliphatic hydroxyl groups excluding tert-OH is 1. The number of aryl methyl sites for hydroxylation is 1. The van der Waals surface area contributed by atoms with Gasteiger partial charge in [0.2, 0.25) is 0 Å². The number of imidazole rings is 1. The Morgan fingerprint density at radius 1 is 0.757 bits per heavy atom. The van der Waals surface area contributed by atoms with E-state index in [-0.39, 0.29) is 79.3 Å². The minimum Gasteiger partial charge on any atom is -0.507 e. The van der Waals surface area contributed by atoms with E-state index in [0.29, 0.717) is 52.7 Å². The van der Waals surface area contributed by atoms with Gasteiger partial charge in [-0.25, -0.2) is 4.98 Å². The summed E-state index contributed by atoms with van der Waals surface area (Å²) in [5, 5.41) is 76.4. The number of aromatic hydroxyl groups is 5. The summed E-state index contributed by atoms with van der Waals surface area (Å²) in [6, 6.07) is 19.1. The van der Waals surface area contributed by atoms with Gasteiger partial charge in [-0.3, -0.25) is 0 Å². The van der Waals surface area contributed by atoms with Crippen LogP contribution in [-0.4, -0.2) is 64.8 Å². The molecule has 6 aliphatic carbocycles. The third kappa shape index (κ3) is 6.36. The minimum absolute atomic E-state index is 0.0740. The van der Waals surface area contributed by atoms with Gasteiger partial charge in [0, 0.05) is 46.4 Å². The van der Waals surface area contributed by atoms with Gasteiger partial charge in [0.1, 0.15) is 5.75 Å². The van der Waals surface area contributed by atoms with E-state index >= 15 is 0 Å². The number of H-pyrrole nitrogens is 1. The minimum atomic E-state index is -0.506. The Balaban J connectivity index is 0.889. The predicted octanol–water partition coefficient (Wildman–Crippen LogP) is 11.0. The van der Waals surface area contributed by atoms with Gasteiger partial charge in [-0.1, -0.05) is 92.5 Å². The molecule has 4 aromatic carbocycles. The third-order valence-electron chi connectivity index (χ3n) is 21.1. The van der Waals surface area contributed by atoms with Gasteiger partial charge in [0.05, 0.1) is 17.8 Å². The number of aromatic nitrogens is 2. The zero-order valence-electron chi connectivity index (χ0n) is 40.3. The van der Waals surface area contributed by atoms with Crippen LogP contribution in [0.3, 0.4) is 0 Å². The molecule has 7 fully saturated rings. The number of benzene rings is 4. The van der Waals surface area contributed by atoms with E-state index < -0.39 is 6.10 Å². The topological polar surface area (TPSA) is 174 Å². The summed E-state index contributed by atoms with van der Waals surface area (Å²) < 4.78 is 0. The van der Waals surface area contributed by atoms with Crippen LogP contribution in [0.25, 0.3) is 22.9 Å². The summed E-state index contributed by atoms with van der Waals surface area (Å²) in [5.41, 5.74) is 5.73. The van der Waals surface area contributed by atoms with Crippen molar-refractivity contribution < 1.29 is 30.6 Å². The lowest BCUT2D eigenvalue weighted by Gasteiger charge is -2.75. The lowest BCUT2D eigenvalue weighted by atomic mass is 9.31. The molecule has 5 aromatic rings. The highest BCUT2D eigenvalue weighted by Gasteiger charge is 2.78. The molecule has 4 spiro atoms. The van der Waals surface area contributed by atoms with Crippen LogP contribution in [0.1, 0.15) is 142 Å². The molecule has 2 saturated heterocycles. The molecule has 1 aromatic heterocycles.